The Bertz CT molecular complexity index is 1050. The van der Waals surface area contributed by atoms with Crippen LogP contribution in [0.5, 0.6) is 0 Å². The SMILES string of the molecule is O=C1NCc2ccc(C(=O)Nc3nnc(-c4c(F)cccc4Cl)s3)cc2N1. The summed E-state index contributed by atoms with van der Waals surface area (Å²) in [7, 11) is 0. The van der Waals surface area contributed by atoms with E-state index in [4.69, 9.17) is 11.6 Å². The Labute approximate surface area is 161 Å². The minimum atomic E-state index is -0.518. The first-order valence-corrected chi connectivity index (χ1v) is 8.98. The number of carbonyl (C=O) groups excluding carboxylic acids is 2. The molecule has 10 heteroatoms. The summed E-state index contributed by atoms with van der Waals surface area (Å²) in [4.78, 5) is 23.9. The molecule has 0 radical (unpaired) electrons. The minimum absolute atomic E-state index is 0.140. The number of nitrogens with zero attached hydrogens (tertiary/aromatic N) is 2. The molecule has 3 amide bonds. The molecule has 27 heavy (non-hydrogen) atoms. The Hall–Kier alpha value is -3.04. The molecule has 7 nitrogen and oxygen atoms in total. The lowest BCUT2D eigenvalue weighted by atomic mass is 10.1. The van der Waals surface area contributed by atoms with Crippen LogP contribution in [0.3, 0.4) is 0 Å². The maximum atomic E-state index is 14.0. The van der Waals surface area contributed by atoms with E-state index >= 15 is 0 Å². The summed E-state index contributed by atoms with van der Waals surface area (Å²) in [5.74, 6) is -0.941. The Morgan fingerprint density at radius 1 is 1.26 bits per heavy atom. The molecule has 136 valence electrons. The van der Waals surface area contributed by atoms with Gasteiger partial charge in [0, 0.05) is 17.8 Å². The summed E-state index contributed by atoms with van der Waals surface area (Å²) in [6, 6.07) is 8.97. The maximum Gasteiger partial charge on any atom is 0.319 e. The highest BCUT2D eigenvalue weighted by atomic mass is 35.5. The molecule has 0 atom stereocenters. The predicted molar refractivity (Wildman–Crippen MR) is 101 cm³/mol. The number of halogens is 2. The van der Waals surface area contributed by atoms with E-state index in [-0.39, 0.29) is 26.8 Å². The number of aromatic nitrogens is 2. The lowest BCUT2D eigenvalue weighted by Gasteiger charge is -2.18. The lowest BCUT2D eigenvalue weighted by Crippen LogP contribution is -2.33. The van der Waals surface area contributed by atoms with Crippen LogP contribution in [0, 0.1) is 5.82 Å². The van der Waals surface area contributed by atoms with Crippen molar-refractivity contribution in [1.82, 2.24) is 15.5 Å². The Morgan fingerprint density at radius 3 is 2.93 bits per heavy atom. The second kappa shape index (κ2) is 6.93. The van der Waals surface area contributed by atoms with E-state index < -0.39 is 11.7 Å². The monoisotopic (exact) mass is 403 g/mol. The second-order valence-electron chi connectivity index (χ2n) is 5.64. The van der Waals surface area contributed by atoms with Gasteiger partial charge in [-0.05, 0) is 29.8 Å². The van der Waals surface area contributed by atoms with Crippen LogP contribution in [-0.4, -0.2) is 22.1 Å². The van der Waals surface area contributed by atoms with Gasteiger partial charge in [0.05, 0.1) is 10.6 Å². The van der Waals surface area contributed by atoms with Gasteiger partial charge in [-0.2, -0.15) is 0 Å². The molecule has 4 rings (SSSR count). The molecule has 3 N–H and O–H groups in total. The number of hydrogen-bond donors (Lipinski definition) is 3. The smallest absolute Gasteiger partial charge is 0.319 e. The molecule has 2 heterocycles. The van der Waals surface area contributed by atoms with Crippen LogP contribution in [0.1, 0.15) is 15.9 Å². The van der Waals surface area contributed by atoms with Crippen molar-refractivity contribution < 1.29 is 14.0 Å². The molecule has 1 aromatic heterocycles. The summed E-state index contributed by atoms with van der Waals surface area (Å²) in [5, 5.41) is 16.4. The third kappa shape index (κ3) is 3.46. The minimum Gasteiger partial charge on any atom is -0.334 e. The van der Waals surface area contributed by atoms with E-state index in [1.807, 2.05) is 0 Å². The van der Waals surface area contributed by atoms with Crippen molar-refractivity contribution in [3.63, 3.8) is 0 Å². The van der Waals surface area contributed by atoms with Gasteiger partial charge in [-0.15, -0.1) is 10.2 Å². The van der Waals surface area contributed by atoms with Gasteiger partial charge >= 0.3 is 6.03 Å². The highest BCUT2D eigenvalue weighted by molar-refractivity contribution is 7.18. The van der Waals surface area contributed by atoms with E-state index in [0.717, 1.165) is 16.9 Å². The molecule has 1 aliphatic heterocycles. The van der Waals surface area contributed by atoms with Gasteiger partial charge in [-0.3, -0.25) is 10.1 Å². The van der Waals surface area contributed by atoms with Crippen molar-refractivity contribution in [1.29, 1.82) is 0 Å². The summed E-state index contributed by atoms with van der Waals surface area (Å²) in [6.45, 7) is 0.395. The fraction of sp³-hybridized carbons (Fsp3) is 0.0588. The van der Waals surface area contributed by atoms with Gasteiger partial charge in [-0.25, -0.2) is 9.18 Å². The molecule has 0 saturated carbocycles. The predicted octanol–water partition coefficient (Wildman–Crippen LogP) is 3.89. The highest BCUT2D eigenvalue weighted by Crippen LogP contribution is 2.34. The van der Waals surface area contributed by atoms with Gasteiger partial charge in [0.25, 0.3) is 5.91 Å². The van der Waals surface area contributed by atoms with Crippen LogP contribution in [0.15, 0.2) is 36.4 Å². The first-order valence-electron chi connectivity index (χ1n) is 7.78. The molecule has 0 saturated heterocycles. The summed E-state index contributed by atoms with van der Waals surface area (Å²) in [6.07, 6.45) is 0. The second-order valence-corrected chi connectivity index (χ2v) is 7.03. The third-order valence-corrected chi connectivity index (χ3v) is 5.05. The average molecular weight is 404 g/mol. The number of hydrogen-bond acceptors (Lipinski definition) is 5. The Kier molecular flexibility index (Phi) is 4.46. The Balaban J connectivity index is 1.55. The number of rotatable bonds is 3. The molecule has 0 bridgehead atoms. The molecule has 0 aliphatic carbocycles. The van der Waals surface area contributed by atoms with Gasteiger partial charge in [0.1, 0.15) is 5.82 Å². The normalized spacial score (nSPS) is 12.7. The number of fused-ring (bicyclic) bond motifs is 1. The average Bonchev–Trinajstić information content (AvgIpc) is 3.09. The van der Waals surface area contributed by atoms with Crippen molar-refractivity contribution in [2.24, 2.45) is 0 Å². The van der Waals surface area contributed by atoms with Crippen molar-refractivity contribution in [3.8, 4) is 10.6 Å². The summed E-state index contributed by atoms with van der Waals surface area (Å²) >= 11 is 7.03. The molecule has 0 spiro atoms. The third-order valence-electron chi connectivity index (χ3n) is 3.88. The van der Waals surface area contributed by atoms with Crippen LogP contribution < -0.4 is 16.0 Å². The molecule has 0 fully saturated rings. The quantitative estimate of drug-likeness (QED) is 0.618. The number of benzene rings is 2. The molecule has 3 aromatic rings. The number of nitrogens with one attached hydrogen (secondary N) is 3. The van der Waals surface area contributed by atoms with Crippen LogP contribution in [0.2, 0.25) is 5.02 Å². The van der Waals surface area contributed by atoms with Gasteiger partial charge in [0.2, 0.25) is 5.13 Å². The fourth-order valence-electron chi connectivity index (χ4n) is 2.58. The Morgan fingerprint density at radius 2 is 2.11 bits per heavy atom. The van der Waals surface area contributed by atoms with Crippen LogP contribution >= 0.6 is 22.9 Å². The zero-order chi connectivity index (χ0) is 19.0. The van der Waals surface area contributed by atoms with Crippen molar-refractivity contribution >= 4 is 45.7 Å². The molecular weight excluding hydrogens is 393 g/mol. The van der Waals surface area contributed by atoms with E-state index in [1.54, 1.807) is 24.3 Å². The van der Waals surface area contributed by atoms with E-state index in [1.165, 1.54) is 12.1 Å². The lowest BCUT2D eigenvalue weighted by molar-refractivity contribution is 0.102. The van der Waals surface area contributed by atoms with Crippen LogP contribution in [0.4, 0.5) is 20.0 Å². The van der Waals surface area contributed by atoms with Crippen LogP contribution in [-0.2, 0) is 6.54 Å². The zero-order valence-corrected chi connectivity index (χ0v) is 15.1. The van der Waals surface area contributed by atoms with E-state index in [2.05, 4.69) is 26.1 Å². The number of amides is 3. The van der Waals surface area contributed by atoms with E-state index in [9.17, 15) is 14.0 Å². The van der Waals surface area contributed by atoms with Gasteiger partial charge < -0.3 is 10.6 Å². The first-order chi connectivity index (χ1) is 13.0. The highest BCUT2D eigenvalue weighted by Gasteiger charge is 2.18. The topological polar surface area (TPSA) is 96.0 Å². The van der Waals surface area contributed by atoms with Crippen molar-refractivity contribution in [2.45, 2.75) is 6.54 Å². The largest absolute Gasteiger partial charge is 0.334 e. The molecule has 1 aliphatic rings. The zero-order valence-electron chi connectivity index (χ0n) is 13.5. The standard InChI is InChI=1S/C17H11ClFN5O2S/c18-10-2-1-3-11(19)13(10)15-23-24-17(27-15)22-14(25)8-4-5-9-7-20-16(26)21-12(9)6-8/h1-6H,7H2,(H2,20,21,26)(H,22,24,25). The van der Waals surface area contributed by atoms with E-state index in [0.29, 0.717) is 17.8 Å². The van der Waals surface area contributed by atoms with Crippen molar-refractivity contribution in [2.75, 3.05) is 10.6 Å². The van der Waals surface area contributed by atoms with Gasteiger partial charge in [-0.1, -0.05) is 35.1 Å². The number of carbonyl (C=O) groups is 2. The molecular formula is C17H11ClFN5O2S. The van der Waals surface area contributed by atoms with Crippen molar-refractivity contribution in [3.05, 3.63) is 58.4 Å². The number of anilines is 2. The summed E-state index contributed by atoms with van der Waals surface area (Å²) in [5.41, 5.74) is 1.93. The first kappa shape index (κ1) is 17.4. The van der Waals surface area contributed by atoms with Gasteiger partial charge in [0.15, 0.2) is 5.01 Å². The maximum absolute atomic E-state index is 14.0. The summed E-state index contributed by atoms with van der Waals surface area (Å²) < 4.78 is 14.0. The molecule has 2 aromatic carbocycles. The molecule has 0 unspecified atom stereocenters. The number of urea groups is 1. The fourth-order valence-corrected chi connectivity index (χ4v) is 3.68. The van der Waals surface area contributed by atoms with Crippen LogP contribution in [0.25, 0.3) is 10.6 Å².